The number of nitrogens with two attached hydrogens (primary N) is 1. The molecule has 3 rings (SSSR count). The minimum Gasteiger partial charge on any atom is -0.439 e. The predicted octanol–water partition coefficient (Wildman–Crippen LogP) is 3.15. The van der Waals surface area contributed by atoms with Crippen LogP contribution in [0, 0.1) is 5.41 Å². The van der Waals surface area contributed by atoms with Gasteiger partial charge in [0.1, 0.15) is 5.52 Å². The summed E-state index contributed by atoms with van der Waals surface area (Å²) >= 11 is 6.06. The van der Waals surface area contributed by atoms with E-state index >= 15 is 0 Å². The Balaban J connectivity index is 1.93. The van der Waals surface area contributed by atoms with Crippen LogP contribution in [0.4, 0.5) is 0 Å². The molecule has 4 heteroatoms. The molecule has 0 aliphatic heterocycles. The molecule has 0 atom stereocenters. The van der Waals surface area contributed by atoms with E-state index in [0.717, 1.165) is 17.8 Å². The molecular weight excluding hydrogens is 236 g/mol. The summed E-state index contributed by atoms with van der Waals surface area (Å²) in [5.41, 5.74) is 7.58. The fourth-order valence-corrected chi connectivity index (χ4v) is 2.70. The van der Waals surface area contributed by atoms with Crippen LogP contribution in [0.15, 0.2) is 22.6 Å². The number of hydrogen-bond acceptors (Lipinski definition) is 3. The van der Waals surface area contributed by atoms with Crippen molar-refractivity contribution in [1.82, 2.24) is 4.98 Å². The third-order valence-corrected chi connectivity index (χ3v) is 4.08. The van der Waals surface area contributed by atoms with E-state index in [0.29, 0.717) is 17.2 Å². The Morgan fingerprint density at radius 1 is 1.41 bits per heavy atom. The van der Waals surface area contributed by atoms with Crippen LogP contribution in [-0.2, 0) is 6.42 Å². The van der Waals surface area contributed by atoms with Gasteiger partial charge >= 0.3 is 0 Å². The minimum absolute atomic E-state index is 0.216. The molecule has 1 aliphatic rings. The van der Waals surface area contributed by atoms with E-state index < -0.39 is 0 Å². The van der Waals surface area contributed by atoms with Crippen LogP contribution >= 0.6 is 11.6 Å². The number of halogens is 1. The molecule has 1 aromatic carbocycles. The molecule has 0 spiro atoms. The monoisotopic (exact) mass is 250 g/mol. The van der Waals surface area contributed by atoms with Crippen molar-refractivity contribution in [2.45, 2.75) is 25.7 Å². The van der Waals surface area contributed by atoms with Crippen molar-refractivity contribution in [2.24, 2.45) is 11.1 Å². The second kappa shape index (κ2) is 4.00. The van der Waals surface area contributed by atoms with Crippen molar-refractivity contribution in [2.75, 3.05) is 6.54 Å². The van der Waals surface area contributed by atoms with Gasteiger partial charge in [-0.3, -0.25) is 0 Å². The number of nitrogens with zero attached hydrogens (tertiary/aromatic N) is 1. The molecule has 2 aromatic rings. The maximum absolute atomic E-state index is 6.06. The number of hydrogen-bond donors (Lipinski definition) is 1. The maximum Gasteiger partial charge on any atom is 0.196 e. The highest BCUT2D eigenvalue weighted by molar-refractivity contribution is 6.34. The number of benzene rings is 1. The minimum atomic E-state index is 0.216. The molecule has 90 valence electrons. The summed E-state index contributed by atoms with van der Waals surface area (Å²) in [7, 11) is 0. The molecule has 1 aliphatic carbocycles. The summed E-state index contributed by atoms with van der Waals surface area (Å²) in [5, 5.41) is 0.622. The first kappa shape index (κ1) is 11.1. The van der Waals surface area contributed by atoms with Gasteiger partial charge in [0.15, 0.2) is 11.5 Å². The van der Waals surface area contributed by atoms with Crippen molar-refractivity contribution in [3.63, 3.8) is 0 Å². The highest BCUT2D eigenvalue weighted by Gasteiger charge is 2.37. The summed E-state index contributed by atoms with van der Waals surface area (Å²) in [6.45, 7) is 0.708. The standard InChI is InChI=1S/C13H15ClN2O/c14-9-3-1-4-10-12(9)17-11(16-10)7-13(8-15)5-2-6-13/h1,3-4H,2,5-8,15H2. The molecule has 0 unspecified atom stereocenters. The zero-order chi connectivity index (χ0) is 11.9. The Kier molecular flexibility index (Phi) is 2.60. The van der Waals surface area contributed by atoms with Crippen LogP contribution < -0.4 is 5.73 Å². The molecule has 3 nitrogen and oxygen atoms in total. The third kappa shape index (κ3) is 1.83. The Morgan fingerprint density at radius 2 is 2.24 bits per heavy atom. The zero-order valence-corrected chi connectivity index (χ0v) is 10.3. The first-order valence-corrected chi connectivity index (χ1v) is 6.34. The topological polar surface area (TPSA) is 52.0 Å². The lowest BCUT2D eigenvalue weighted by Crippen LogP contribution is -2.39. The van der Waals surface area contributed by atoms with Crippen LogP contribution in [-0.4, -0.2) is 11.5 Å². The molecule has 1 saturated carbocycles. The van der Waals surface area contributed by atoms with E-state index in [2.05, 4.69) is 4.98 Å². The predicted molar refractivity (Wildman–Crippen MR) is 68.1 cm³/mol. The number of oxazole rings is 1. The summed E-state index contributed by atoms with van der Waals surface area (Å²) in [6, 6.07) is 5.63. The third-order valence-electron chi connectivity index (χ3n) is 3.78. The van der Waals surface area contributed by atoms with Crippen molar-refractivity contribution in [3.8, 4) is 0 Å². The van der Waals surface area contributed by atoms with Crippen molar-refractivity contribution >= 4 is 22.7 Å². The zero-order valence-electron chi connectivity index (χ0n) is 9.58. The highest BCUT2D eigenvalue weighted by Crippen LogP contribution is 2.43. The van der Waals surface area contributed by atoms with Crippen LogP contribution in [0.3, 0.4) is 0 Å². The van der Waals surface area contributed by atoms with Crippen molar-refractivity contribution in [1.29, 1.82) is 0 Å². The number of para-hydroxylation sites is 1. The first-order valence-electron chi connectivity index (χ1n) is 5.96. The van der Waals surface area contributed by atoms with Gasteiger partial charge in [-0.05, 0) is 36.9 Å². The number of fused-ring (bicyclic) bond motifs is 1. The molecule has 1 fully saturated rings. The number of aromatic nitrogens is 1. The Hall–Kier alpha value is -1.06. The van der Waals surface area contributed by atoms with Gasteiger partial charge < -0.3 is 10.2 Å². The molecular formula is C13H15ClN2O. The second-order valence-electron chi connectivity index (χ2n) is 4.93. The first-order chi connectivity index (χ1) is 8.22. The Morgan fingerprint density at radius 3 is 2.82 bits per heavy atom. The van der Waals surface area contributed by atoms with Crippen molar-refractivity contribution in [3.05, 3.63) is 29.1 Å². The summed E-state index contributed by atoms with van der Waals surface area (Å²) in [6.07, 6.45) is 4.44. The Labute approximate surface area is 105 Å². The SMILES string of the molecule is NCC1(Cc2nc3cccc(Cl)c3o2)CCC1. The van der Waals surface area contributed by atoms with E-state index in [4.69, 9.17) is 21.8 Å². The van der Waals surface area contributed by atoms with Crippen LogP contribution in [0.2, 0.25) is 5.02 Å². The Bertz CT molecular complexity index is 540. The molecule has 0 saturated heterocycles. The molecule has 1 aromatic heterocycles. The highest BCUT2D eigenvalue weighted by atomic mass is 35.5. The molecule has 1 heterocycles. The fraction of sp³-hybridized carbons (Fsp3) is 0.462. The molecule has 0 bridgehead atoms. The molecule has 2 N–H and O–H groups in total. The summed E-state index contributed by atoms with van der Waals surface area (Å²) < 4.78 is 5.73. The second-order valence-corrected chi connectivity index (χ2v) is 5.34. The van der Waals surface area contributed by atoms with E-state index in [-0.39, 0.29) is 5.41 Å². The summed E-state index contributed by atoms with van der Waals surface area (Å²) in [4.78, 5) is 4.48. The van der Waals surface area contributed by atoms with Crippen LogP contribution in [0.1, 0.15) is 25.2 Å². The van der Waals surface area contributed by atoms with Gasteiger partial charge in [-0.25, -0.2) is 4.98 Å². The van der Waals surface area contributed by atoms with E-state index in [1.807, 2.05) is 18.2 Å². The maximum atomic E-state index is 6.06. The van der Waals surface area contributed by atoms with Gasteiger partial charge in [-0.2, -0.15) is 0 Å². The lowest BCUT2D eigenvalue weighted by molar-refractivity contribution is 0.134. The van der Waals surface area contributed by atoms with E-state index in [1.165, 1.54) is 19.3 Å². The summed E-state index contributed by atoms with van der Waals surface area (Å²) in [5.74, 6) is 0.762. The molecule has 17 heavy (non-hydrogen) atoms. The molecule has 0 radical (unpaired) electrons. The van der Waals surface area contributed by atoms with Gasteiger partial charge in [-0.1, -0.05) is 24.1 Å². The smallest absolute Gasteiger partial charge is 0.196 e. The van der Waals surface area contributed by atoms with Crippen molar-refractivity contribution < 1.29 is 4.42 Å². The fourth-order valence-electron chi connectivity index (χ4n) is 2.49. The largest absolute Gasteiger partial charge is 0.439 e. The van der Waals surface area contributed by atoms with E-state index in [9.17, 15) is 0 Å². The average molecular weight is 251 g/mol. The number of rotatable bonds is 3. The lowest BCUT2D eigenvalue weighted by Gasteiger charge is -2.39. The van der Waals surface area contributed by atoms with Crippen LogP contribution in [0.25, 0.3) is 11.1 Å². The normalized spacial score (nSPS) is 18.2. The lowest BCUT2D eigenvalue weighted by atomic mass is 9.67. The van der Waals surface area contributed by atoms with Gasteiger partial charge in [0.05, 0.1) is 5.02 Å². The average Bonchev–Trinajstić information content (AvgIpc) is 2.68. The quantitative estimate of drug-likeness (QED) is 0.911. The van der Waals surface area contributed by atoms with Gasteiger partial charge in [0, 0.05) is 6.42 Å². The van der Waals surface area contributed by atoms with Crippen LogP contribution in [0.5, 0.6) is 0 Å². The van der Waals surface area contributed by atoms with Gasteiger partial charge in [0.2, 0.25) is 0 Å². The van der Waals surface area contributed by atoms with Gasteiger partial charge in [0.25, 0.3) is 0 Å². The van der Waals surface area contributed by atoms with E-state index in [1.54, 1.807) is 0 Å². The molecule has 0 amide bonds. The van der Waals surface area contributed by atoms with Gasteiger partial charge in [-0.15, -0.1) is 0 Å².